The molecule has 110 valence electrons. The maximum Gasteiger partial charge on any atom is 0.322 e. The second-order valence-electron chi connectivity index (χ2n) is 4.49. The lowest BCUT2D eigenvalue weighted by atomic mass is 10.3. The van der Waals surface area contributed by atoms with Crippen molar-refractivity contribution in [1.82, 2.24) is 4.90 Å². The highest BCUT2D eigenvalue weighted by atomic mass is 127. The van der Waals surface area contributed by atoms with Crippen molar-refractivity contribution in [2.45, 2.75) is 26.3 Å². The molecule has 0 radical (unpaired) electrons. The fourth-order valence-electron chi connectivity index (χ4n) is 1.59. The number of anilines is 1. The van der Waals surface area contributed by atoms with E-state index < -0.39 is 5.97 Å². The summed E-state index contributed by atoms with van der Waals surface area (Å²) in [6, 6.07) is 4.75. The van der Waals surface area contributed by atoms with Crippen LogP contribution in [-0.2, 0) is 4.79 Å². The molecule has 0 aromatic heterocycles. The zero-order valence-electron chi connectivity index (χ0n) is 11.2. The lowest BCUT2D eigenvalue weighted by Gasteiger charge is -2.26. The van der Waals surface area contributed by atoms with Crippen molar-refractivity contribution in [3.63, 3.8) is 0 Å². The number of hydrogen-bond donors (Lipinski definition) is 2. The monoisotopic (exact) mass is 410 g/mol. The third-order valence-corrected chi connectivity index (χ3v) is 3.75. The highest BCUT2D eigenvalue weighted by Crippen LogP contribution is 2.22. The molecule has 2 amide bonds. The number of nitrogens with zero attached hydrogens (tertiary/aromatic N) is 1. The van der Waals surface area contributed by atoms with Gasteiger partial charge in [-0.15, -0.1) is 0 Å². The van der Waals surface area contributed by atoms with Gasteiger partial charge in [0, 0.05) is 21.2 Å². The van der Waals surface area contributed by atoms with Gasteiger partial charge in [0.2, 0.25) is 0 Å². The molecule has 0 spiro atoms. The zero-order valence-corrected chi connectivity index (χ0v) is 14.1. The number of aliphatic carboxylic acids is 1. The van der Waals surface area contributed by atoms with Gasteiger partial charge in [0.1, 0.15) is 0 Å². The van der Waals surface area contributed by atoms with E-state index in [2.05, 4.69) is 27.9 Å². The SMILES string of the molecule is CC(C)N(CCC(=O)O)C(=O)Nc1ccc(Cl)cc1I. The predicted molar refractivity (Wildman–Crippen MR) is 87.3 cm³/mol. The largest absolute Gasteiger partial charge is 0.481 e. The van der Waals surface area contributed by atoms with Crippen LogP contribution in [0.3, 0.4) is 0 Å². The minimum atomic E-state index is -0.926. The molecule has 0 unspecified atom stereocenters. The van der Waals surface area contributed by atoms with E-state index in [0.29, 0.717) is 10.7 Å². The molecule has 0 aliphatic rings. The second kappa shape index (κ2) is 7.68. The van der Waals surface area contributed by atoms with Crippen molar-refractivity contribution >= 4 is 51.9 Å². The lowest BCUT2D eigenvalue weighted by Crippen LogP contribution is -2.41. The number of carboxylic acid groups (broad SMARTS) is 1. The standard InChI is InChI=1S/C13H16ClIN2O3/c1-8(2)17(6-5-12(18)19)13(20)16-11-4-3-9(14)7-10(11)15/h3-4,7-8H,5-6H2,1-2H3,(H,16,20)(H,18,19). The summed E-state index contributed by atoms with van der Waals surface area (Å²) in [5.74, 6) is -0.926. The average Bonchev–Trinajstić information content (AvgIpc) is 2.32. The van der Waals surface area contributed by atoms with Crippen molar-refractivity contribution in [1.29, 1.82) is 0 Å². The molecular weight excluding hydrogens is 395 g/mol. The molecule has 1 rings (SSSR count). The number of benzene rings is 1. The van der Waals surface area contributed by atoms with E-state index >= 15 is 0 Å². The van der Waals surface area contributed by atoms with Gasteiger partial charge in [-0.2, -0.15) is 0 Å². The maximum atomic E-state index is 12.2. The molecule has 0 saturated heterocycles. The van der Waals surface area contributed by atoms with E-state index in [0.717, 1.165) is 3.57 Å². The van der Waals surface area contributed by atoms with E-state index in [9.17, 15) is 9.59 Å². The Labute approximate surface area is 136 Å². The van der Waals surface area contributed by atoms with Crippen molar-refractivity contribution < 1.29 is 14.7 Å². The number of nitrogens with one attached hydrogen (secondary N) is 1. The van der Waals surface area contributed by atoms with Gasteiger partial charge < -0.3 is 15.3 Å². The Bertz CT molecular complexity index is 508. The number of amides is 2. The van der Waals surface area contributed by atoms with Gasteiger partial charge in [-0.3, -0.25) is 4.79 Å². The number of carboxylic acids is 1. The molecule has 0 aliphatic heterocycles. The summed E-state index contributed by atoms with van der Waals surface area (Å²) in [5, 5.41) is 12.1. The summed E-state index contributed by atoms with van der Waals surface area (Å²) in [6.45, 7) is 3.85. The Morgan fingerprint density at radius 3 is 2.60 bits per heavy atom. The van der Waals surface area contributed by atoms with E-state index in [1.165, 1.54) is 4.90 Å². The molecule has 1 aromatic rings. The van der Waals surface area contributed by atoms with Crippen LogP contribution in [0.5, 0.6) is 0 Å². The van der Waals surface area contributed by atoms with Crippen molar-refractivity contribution in [3.05, 3.63) is 26.8 Å². The first kappa shape index (κ1) is 17.0. The molecule has 7 heteroatoms. The van der Waals surface area contributed by atoms with Crippen LogP contribution in [0.2, 0.25) is 5.02 Å². The Morgan fingerprint density at radius 1 is 1.45 bits per heavy atom. The Hall–Kier alpha value is -1.02. The van der Waals surface area contributed by atoms with E-state index in [1.807, 2.05) is 13.8 Å². The first-order valence-corrected chi connectivity index (χ1v) is 7.51. The van der Waals surface area contributed by atoms with E-state index in [1.54, 1.807) is 18.2 Å². The molecule has 5 nitrogen and oxygen atoms in total. The second-order valence-corrected chi connectivity index (χ2v) is 6.08. The third kappa shape index (κ3) is 5.16. The number of halogens is 2. The van der Waals surface area contributed by atoms with Crippen LogP contribution in [-0.4, -0.2) is 34.6 Å². The molecule has 0 saturated carbocycles. The predicted octanol–water partition coefficient (Wildman–Crippen LogP) is 3.66. The zero-order chi connectivity index (χ0) is 15.3. The normalized spacial score (nSPS) is 10.4. The van der Waals surface area contributed by atoms with Gasteiger partial charge in [0.15, 0.2) is 0 Å². The summed E-state index contributed by atoms with van der Waals surface area (Å²) in [5.41, 5.74) is 0.654. The van der Waals surface area contributed by atoms with Crippen LogP contribution in [0.1, 0.15) is 20.3 Å². The quantitative estimate of drug-likeness (QED) is 0.728. The highest BCUT2D eigenvalue weighted by molar-refractivity contribution is 14.1. The van der Waals surface area contributed by atoms with Crippen LogP contribution in [0.15, 0.2) is 18.2 Å². The van der Waals surface area contributed by atoms with Crippen molar-refractivity contribution in [3.8, 4) is 0 Å². The maximum absolute atomic E-state index is 12.2. The number of carbonyl (C=O) groups is 2. The average molecular weight is 411 g/mol. The molecule has 0 aliphatic carbocycles. The van der Waals surface area contributed by atoms with Crippen LogP contribution < -0.4 is 5.32 Å². The Morgan fingerprint density at radius 2 is 2.10 bits per heavy atom. The molecule has 2 N–H and O–H groups in total. The number of carbonyl (C=O) groups excluding carboxylic acids is 1. The molecule has 20 heavy (non-hydrogen) atoms. The Kier molecular flexibility index (Phi) is 6.54. The summed E-state index contributed by atoms with van der Waals surface area (Å²) in [6.07, 6.45) is -0.0800. The molecule has 0 heterocycles. The highest BCUT2D eigenvalue weighted by Gasteiger charge is 2.18. The first-order valence-electron chi connectivity index (χ1n) is 6.05. The molecule has 0 atom stereocenters. The molecule has 0 fully saturated rings. The lowest BCUT2D eigenvalue weighted by molar-refractivity contribution is -0.137. The minimum absolute atomic E-state index is 0.0800. The topological polar surface area (TPSA) is 69.6 Å². The molecular formula is C13H16ClIN2O3. The van der Waals surface area contributed by atoms with Crippen molar-refractivity contribution in [2.24, 2.45) is 0 Å². The fourth-order valence-corrected chi connectivity index (χ4v) is 2.59. The summed E-state index contributed by atoms with van der Waals surface area (Å²) in [7, 11) is 0. The molecule has 1 aromatic carbocycles. The van der Waals surface area contributed by atoms with E-state index in [-0.39, 0.29) is 25.0 Å². The van der Waals surface area contributed by atoms with Gasteiger partial charge in [0.05, 0.1) is 12.1 Å². The number of hydrogen-bond acceptors (Lipinski definition) is 2. The smallest absolute Gasteiger partial charge is 0.322 e. The minimum Gasteiger partial charge on any atom is -0.481 e. The molecule has 0 bridgehead atoms. The summed E-state index contributed by atoms with van der Waals surface area (Å²) < 4.78 is 0.824. The van der Waals surface area contributed by atoms with Crippen molar-refractivity contribution in [2.75, 3.05) is 11.9 Å². The van der Waals surface area contributed by atoms with Crippen LogP contribution in [0, 0.1) is 3.57 Å². The van der Waals surface area contributed by atoms with Crippen LogP contribution in [0.4, 0.5) is 10.5 Å². The number of urea groups is 1. The van der Waals surface area contributed by atoms with Gasteiger partial charge in [0.25, 0.3) is 0 Å². The van der Waals surface area contributed by atoms with E-state index in [4.69, 9.17) is 16.7 Å². The fraction of sp³-hybridized carbons (Fsp3) is 0.385. The number of rotatable bonds is 5. The summed E-state index contributed by atoms with van der Waals surface area (Å²) in [4.78, 5) is 24.3. The first-order chi connectivity index (χ1) is 9.31. The Balaban J connectivity index is 2.77. The van der Waals surface area contributed by atoms with Crippen LogP contribution in [0.25, 0.3) is 0 Å². The van der Waals surface area contributed by atoms with Gasteiger partial charge in [-0.25, -0.2) is 4.79 Å². The third-order valence-electron chi connectivity index (χ3n) is 2.62. The van der Waals surface area contributed by atoms with Crippen LogP contribution >= 0.6 is 34.2 Å². The van der Waals surface area contributed by atoms with Gasteiger partial charge >= 0.3 is 12.0 Å². The van der Waals surface area contributed by atoms with Gasteiger partial charge in [-0.1, -0.05) is 11.6 Å². The van der Waals surface area contributed by atoms with Gasteiger partial charge in [-0.05, 0) is 54.6 Å². The summed E-state index contributed by atoms with van der Waals surface area (Å²) >= 11 is 7.94.